The molecule has 0 bridgehead atoms. The molecule has 0 saturated heterocycles. The first-order chi connectivity index (χ1) is 8.36. The zero-order valence-corrected chi connectivity index (χ0v) is 11.2. The molecule has 0 amide bonds. The molecule has 0 aliphatic carbocycles. The summed E-state index contributed by atoms with van der Waals surface area (Å²) in [7, 11) is 0. The van der Waals surface area contributed by atoms with E-state index in [0.717, 1.165) is 41.6 Å². The molecule has 1 aromatic heterocycles. The highest BCUT2D eigenvalue weighted by atomic mass is 79.9. The van der Waals surface area contributed by atoms with Gasteiger partial charge >= 0.3 is 0 Å². The van der Waals surface area contributed by atoms with Crippen molar-refractivity contribution in [3.05, 3.63) is 30.1 Å². The van der Waals surface area contributed by atoms with Crippen LogP contribution in [0.25, 0.3) is 11.0 Å². The van der Waals surface area contributed by atoms with Gasteiger partial charge in [-0.3, -0.25) is 0 Å². The molecular weight excluding hydrogens is 278 g/mol. The minimum Gasteiger partial charge on any atom is -0.327 e. The molecule has 2 aromatic rings. The number of nitriles is 1. The van der Waals surface area contributed by atoms with E-state index < -0.39 is 0 Å². The number of para-hydroxylation sites is 2. The third kappa shape index (κ3) is 2.67. The number of fused-ring (bicyclic) bond motifs is 1. The molecule has 0 saturated carbocycles. The molecule has 0 atom stereocenters. The first-order valence-electron chi connectivity index (χ1n) is 5.74. The molecule has 88 valence electrons. The fourth-order valence-corrected chi connectivity index (χ4v) is 2.34. The number of aromatic nitrogens is 2. The van der Waals surface area contributed by atoms with Gasteiger partial charge in [0.05, 0.1) is 23.5 Å². The normalized spacial score (nSPS) is 10.6. The highest BCUT2D eigenvalue weighted by Gasteiger charge is 2.09. The monoisotopic (exact) mass is 291 g/mol. The number of alkyl halides is 1. The van der Waals surface area contributed by atoms with Gasteiger partial charge in [-0.05, 0) is 25.0 Å². The third-order valence-electron chi connectivity index (χ3n) is 2.74. The van der Waals surface area contributed by atoms with E-state index in [4.69, 9.17) is 5.26 Å². The van der Waals surface area contributed by atoms with Crippen LogP contribution in [0.1, 0.15) is 18.7 Å². The second kappa shape index (κ2) is 5.83. The van der Waals surface area contributed by atoms with Crippen molar-refractivity contribution in [3.8, 4) is 6.07 Å². The summed E-state index contributed by atoms with van der Waals surface area (Å²) in [6.07, 6.45) is 2.62. The second-order valence-electron chi connectivity index (χ2n) is 3.90. The van der Waals surface area contributed by atoms with Crippen LogP contribution in [0.4, 0.5) is 0 Å². The van der Waals surface area contributed by atoms with Gasteiger partial charge in [-0.15, -0.1) is 0 Å². The third-order valence-corrected chi connectivity index (χ3v) is 3.30. The molecule has 0 fully saturated rings. The largest absolute Gasteiger partial charge is 0.327 e. The molecular formula is C13H14BrN3. The van der Waals surface area contributed by atoms with Crippen LogP contribution < -0.4 is 0 Å². The number of unbranched alkanes of at least 4 members (excludes halogenated alkanes) is 1. The van der Waals surface area contributed by atoms with E-state index in [0.29, 0.717) is 6.42 Å². The van der Waals surface area contributed by atoms with Crippen molar-refractivity contribution in [2.75, 3.05) is 5.33 Å². The lowest BCUT2D eigenvalue weighted by atomic mass is 10.3. The Morgan fingerprint density at radius 2 is 2.12 bits per heavy atom. The molecule has 0 aliphatic heterocycles. The Balaban J connectivity index is 2.34. The van der Waals surface area contributed by atoms with Crippen molar-refractivity contribution in [2.24, 2.45) is 0 Å². The number of aryl methyl sites for hydroxylation is 1. The predicted molar refractivity (Wildman–Crippen MR) is 72.1 cm³/mol. The van der Waals surface area contributed by atoms with Gasteiger partial charge in [0, 0.05) is 11.9 Å². The van der Waals surface area contributed by atoms with Crippen LogP contribution in [0.15, 0.2) is 24.3 Å². The fraction of sp³-hybridized carbons (Fsp3) is 0.385. The van der Waals surface area contributed by atoms with Crippen LogP contribution in [-0.2, 0) is 13.0 Å². The Labute approximate surface area is 109 Å². The van der Waals surface area contributed by atoms with Gasteiger partial charge in [0.2, 0.25) is 0 Å². The summed E-state index contributed by atoms with van der Waals surface area (Å²) in [5, 5.41) is 9.85. The van der Waals surface area contributed by atoms with E-state index >= 15 is 0 Å². The summed E-state index contributed by atoms with van der Waals surface area (Å²) in [5.74, 6) is 0.878. The zero-order chi connectivity index (χ0) is 12.1. The molecule has 0 radical (unpaired) electrons. The average Bonchev–Trinajstić information content (AvgIpc) is 2.69. The van der Waals surface area contributed by atoms with Gasteiger partial charge in [0.1, 0.15) is 5.82 Å². The molecule has 0 N–H and O–H groups in total. The molecule has 1 heterocycles. The van der Waals surface area contributed by atoms with E-state index in [2.05, 4.69) is 37.6 Å². The van der Waals surface area contributed by atoms with Crippen molar-refractivity contribution >= 4 is 27.0 Å². The van der Waals surface area contributed by atoms with Crippen molar-refractivity contribution in [1.29, 1.82) is 5.26 Å². The van der Waals surface area contributed by atoms with Crippen molar-refractivity contribution in [2.45, 2.75) is 25.8 Å². The van der Waals surface area contributed by atoms with Gasteiger partial charge < -0.3 is 4.57 Å². The minimum atomic E-state index is 0.378. The number of hydrogen-bond acceptors (Lipinski definition) is 2. The van der Waals surface area contributed by atoms with E-state index in [1.54, 1.807) is 0 Å². The highest BCUT2D eigenvalue weighted by Crippen LogP contribution is 2.17. The maximum absolute atomic E-state index is 8.83. The fourth-order valence-electron chi connectivity index (χ4n) is 1.94. The van der Waals surface area contributed by atoms with Gasteiger partial charge in [0.15, 0.2) is 0 Å². The lowest BCUT2D eigenvalue weighted by Gasteiger charge is -2.06. The second-order valence-corrected chi connectivity index (χ2v) is 4.69. The Kier molecular flexibility index (Phi) is 4.16. The number of halogens is 1. The first-order valence-corrected chi connectivity index (χ1v) is 6.86. The Morgan fingerprint density at radius 3 is 2.88 bits per heavy atom. The molecule has 3 nitrogen and oxygen atoms in total. The van der Waals surface area contributed by atoms with Crippen LogP contribution in [0.2, 0.25) is 0 Å². The molecule has 0 unspecified atom stereocenters. The number of benzene rings is 1. The van der Waals surface area contributed by atoms with Crippen LogP contribution >= 0.6 is 15.9 Å². The minimum absolute atomic E-state index is 0.378. The standard InChI is InChI=1S/C13H14BrN3/c14-8-3-4-10-17-12-6-2-1-5-11(12)16-13(17)7-9-15/h1-2,5-6H,3-4,7-8,10H2. The number of imidazole rings is 1. The molecule has 4 heteroatoms. The lowest BCUT2D eigenvalue weighted by molar-refractivity contribution is 0.629. The van der Waals surface area contributed by atoms with Crippen LogP contribution in [0.5, 0.6) is 0 Å². The topological polar surface area (TPSA) is 41.6 Å². The number of nitrogens with zero attached hydrogens (tertiary/aromatic N) is 3. The number of rotatable bonds is 5. The van der Waals surface area contributed by atoms with E-state index in [-0.39, 0.29) is 0 Å². The van der Waals surface area contributed by atoms with E-state index in [1.807, 2.05) is 18.2 Å². The van der Waals surface area contributed by atoms with Crippen LogP contribution in [0, 0.1) is 11.3 Å². The average molecular weight is 292 g/mol. The van der Waals surface area contributed by atoms with Gasteiger partial charge in [-0.2, -0.15) is 5.26 Å². The zero-order valence-electron chi connectivity index (χ0n) is 9.56. The van der Waals surface area contributed by atoms with Crippen molar-refractivity contribution < 1.29 is 0 Å². The van der Waals surface area contributed by atoms with E-state index in [1.165, 1.54) is 0 Å². The maximum atomic E-state index is 8.83. The predicted octanol–water partition coefficient (Wildman–Crippen LogP) is 3.28. The molecule has 1 aromatic carbocycles. The summed E-state index contributed by atoms with van der Waals surface area (Å²) >= 11 is 3.44. The molecule has 0 spiro atoms. The van der Waals surface area contributed by atoms with Gasteiger partial charge in [0.25, 0.3) is 0 Å². The quantitative estimate of drug-likeness (QED) is 0.627. The molecule has 2 rings (SSSR count). The maximum Gasteiger partial charge on any atom is 0.124 e. The van der Waals surface area contributed by atoms with Crippen molar-refractivity contribution in [3.63, 3.8) is 0 Å². The molecule has 0 aliphatic rings. The summed E-state index contributed by atoms with van der Waals surface area (Å²) in [5.41, 5.74) is 2.11. The SMILES string of the molecule is N#CCc1nc2ccccc2n1CCCCBr. The van der Waals surface area contributed by atoms with Gasteiger partial charge in [-0.25, -0.2) is 4.98 Å². The van der Waals surface area contributed by atoms with Crippen molar-refractivity contribution in [1.82, 2.24) is 9.55 Å². The Hall–Kier alpha value is -1.34. The smallest absolute Gasteiger partial charge is 0.124 e. The van der Waals surface area contributed by atoms with Gasteiger partial charge in [-0.1, -0.05) is 28.1 Å². The summed E-state index contributed by atoms with van der Waals surface area (Å²) in [6.45, 7) is 0.934. The summed E-state index contributed by atoms with van der Waals surface area (Å²) in [6, 6.07) is 10.2. The summed E-state index contributed by atoms with van der Waals surface area (Å²) < 4.78 is 2.17. The van der Waals surface area contributed by atoms with E-state index in [9.17, 15) is 0 Å². The Morgan fingerprint density at radius 1 is 1.29 bits per heavy atom. The van der Waals surface area contributed by atoms with Crippen LogP contribution in [-0.4, -0.2) is 14.9 Å². The first kappa shape index (κ1) is 12.1. The lowest BCUT2D eigenvalue weighted by Crippen LogP contribution is -2.03. The van der Waals surface area contributed by atoms with Crippen LogP contribution in [0.3, 0.4) is 0 Å². The highest BCUT2D eigenvalue weighted by molar-refractivity contribution is 9.09. The Bertz CT molecular complexity index is 539. The molecule has 17 heavy (non-hydrogen) atoms. The number of hydrogen-bond donors (Lipinski definition) is 0. The summed E-state index contributed by atoms with van der Waals surface area (Å²) in [4.78, 5) is 4.51.